The molecule has 0 saturated heterocycles. The van der Waals surface area contributed by atoms with Crippen LogP contribution in [0, 0.1) is 16.0 Å². The molecule has 0 amide bonds. The average molecular weight is 292 g/mol. The lowest BCUT2D eigenvalue weighted by Crippen LogP contribution is -2.39. The summed E-state index contributed by atoms with van der Waals surface area (Å²) in [5.41, 5.74) is 1.09. The van der Waals surface area contributed by atoms with E-state index in [1.165, 1.54) is 31.7 Å². The molecule has 0 heterocycles. The molecule has 2 rings (SSSR count). The van der Waals surface area contributed by atoms with Crippen LogP contribution in [-0.2, 0) is 6.42 Å². The Bertz CT molecular complexity index is 488. The van der Waals surface area contributed by atoms with E-state index in [0.717, 1.165) is 24.3 Å². The monoisotopic (exact) mass is 292 g/mol. The van der Waals surface area contributed by atoms with E-state index in [2.05, 4.69) is 12.2 Å². The summed E-state index contributed by atoms with van der Waals surface area (Å²) < 4.78 is 5.37. The SMILES string of the molecule is CCNC1CCCCC1Cc1cc([N+](=O)[O-])ccc1OC. The van der Waals surface area contributed by atoms with Crippen LogP contribution < -0.4 is 10.1 Å². The predicted octanol–water partition coefficient (Wildman–Crippen LogP) is 3.31. The van der Waals surface area contributed by atoms with Gasteiger partial charge in [0.1, 0.15) is 5.75 Å². The van der Waals surface area contributed by atoms with E-state index in [9.17, 15) is 10.1 Å². The van der Waals surface area contributed by atoms with E-state index < -0.39 is 0 Å². The number of methoxy groups -OCH3 is 1. The van der Waals surface area contributed by atoms with E-state index in [1.807, 2.05) is 0 Å². The summed E-state index contributed by atoms with van der Waals surface area (Å²) in [4.78, 5) is 10.6. The number of hydrogen-bond acceptors (Lipinski definition) is 4. The molecule has 1 aromatic rings. The van der Waals surface area contributed by atoms with Crippen LogP contribution in [0.25, 0.3) is 0 Å². The van der Waals surface area contributed by atoms with E-state index in [1.54, 1.807) is 19.2 Å². The average Bonchev–Trinajstić information content (AvgIpc) is 2.49. The Balaban J connectivity index is 2.19. The fraction of sp³-hybridized carbons (Fsp3) is 0.625. The summed E-state index contributed by atoms with van der Waals surface area (Å²) in [6.45, 7) is 3.09. The molecule has 1 aromatic carbocycles. The van der Waals surface area contributed by atoms with Crippen molar-refractivity contribution in [2.45, 2.75) is 45.1 Å². The highest BCUT2D eigenvalue weighted by molar-refractivity contribution is 5.44. The summed E-state index contributed by atoms with van der Waals surface area (Å²) in [6.07, 6.45) is 5.70. The molecule has 0 aliphatic heterocycles. The zero-order chi connectivity index (χ0) is 15.2. The Morgan fingerprint density at radius 2 is 2.14 bits per heavy atom. The first-order chi connectivity index (χ1) is 10.2. The van der Waals surface area contributed by atoms with Gasteiger partial charge in [-0.2, -0.15) is 0 Å². The minimum Gasteiger partial charge on any atom is -0.496 e. The maximum atomic E-state index is 11.0. The Morgan fingerprint density at radius 3 is 2.81 bits per heavy atom. The first kappa shape index (κ1) is 15.8. The van der Waals surface area contributed by atoms with E-state index >= 15 is 0 Å². The molecular weight excluding hydrogens is 268 g/mol. The Labute approximate surface area is 125 Å². The van der Waals surface area contributed by atoms with Crippen LogP contribution in [0.5, 0.6) is 5.75 Å². The fourth-order valence-corrected chi connectivity index (χ4v) is 3.30. The van der Waals surface area contributed by atoms with Gasteiger partial charge in [0.05, 0.1) is 12.0 Å². The smallest absolute Gasteiger partial charge is 0.269 e. The third-order valence-corrected chi connectivity index (χ3v) is 4.33. The molecule has 0 radical (unpaired) electrons. The molecule has 21 heavy (non-hydrogen) atoms. The van der Waals surface area contributed by atoms with Crippen molar-refractivity contribution in [3.63, 3.8) is 0 Å². The Kier molecular flexibility index (Phi) is 5.56. The number of hydrogen-bond donors (Lipinski definition) is 1. The van der Waals surface area contributed by atoms with E-state index in [-0.39, 0.29) is 10.6 Å². The van der Waals surface area contributed by atoms with Crippen molar-refractivity contribution < 1.29 is 9.66 Å². The molecular formula is C16H24N2O3. The lowest BCUT2D eigenvalue weighted by atomic mass is 9.80. The number of ether oxygens (including phenoxy) is 1. The van der Waals surface area contributed by atoms with E-state index in [0.29, 0.717) is 12.0 Å². The van der Waals surface area contributed by atoms with Gasteiger partial charge in [0.25, 0.3) is 5.69 Å². The maximum Gasteiger partial charge on any atom is 0.269 e. The zero-order valence-corrected chi connectivity index (χ0v) is 12.8. The van der Waals surface area contributed by atoms with Gasteiger partial charge in [-0.1, -0.05) is 19.8 Å². The van der Waals surface area contributed by atoms with Crippen LogP contribution in [0.1, 0.15) is 38.2 Å². The van der Waals surface area contributed by atoms with Crippen LogP contribution in [0.15, 0.2) is 18.2 Å². The lowest BCUT2D eigenvalue weighted by Gasteiger charge is -2.32. The number of benzene rings is 1. The fourth-order valence-electron chi connectivity index (χ4n) is 3.30. The summed E-state index contributed by atoms with van der Waals surface area (Å²) in [6, 6.07) is 5.38. The van der Waals surface area contributed by atoms with Crippen molar-refractivity contribution in [1.82, 2.24) is 5.32 Å². The van der Waals surface area contributed by atoms with Crippen molar-refractivity contribution in [2.75, 3.05) is 13.7 Å². The first-order valence-corrected chi connectivity index (χ1v) is 7.70. The number of nitro groups is 1. The number of nitrogens with one attached hydrogen (secondary N) is 1. The number of nitrogens with zero attached hydrogens (tertiary/aromatic N) is 1. The molecule has 2 unspecified atom stereocenters. The summed E-state index contributed by atoms with van der Waals surface area (Å²) in [5, 5.41) is 14.5. The van der Waals surface area contributed by atoms with Crippen molar-refractivity contribution in [3.05, 3.63) is 33.9 Å². The molecule has 1 aliphatic carbocycles. The van der Waals surface area contributed by atoms with Gasteiger partial charge in [0.15, 0.2) is 0 Å². The highest BCUT2D eigenvalue weighted by Gasteiger charge is 2.26. The largest absolute Gasteiger partial charge is 0.496 e. The standard InChI is InChI=1S/C16H24N2O3/c1-3-17-15-7-5-4-6-12(15)10-13-11-14(18(19)20)8-9-16(13)21-2/h8-9,11-12,15,17H,3-7,10H2,1-2H3. The lowest BCUT2D eigenvalue weighted by molar-refractivity contribution is -0.384. The molecule has 1 saturated carbocycles. The highest BCUT2D eigenvalue weighted by atomic mass is 16.6. The molecule has 1 fully saturated rings. The molecule has 1 N–H and O–H groups in total. The molecule has 0 aromatic heterocycles. The minimum absolute atomic E-state index is 0.140. The molecule has 1 aliphatic rings. The third kappa shape index (κ3) is 3.94. The van der Waals surface area contributed by atoms with E-state index in [4.69, 9.17) is 4.74 Å². The second-order valence-corrected chi connectivity index (χ2v) is 5.67. The van der Waals surface area contributed by atoms with Crippen LogP contribution in [-0.4, -0.2) is 24.6 Å². The van der Waals surface area contributed by atoms with Gasteiger partial charge in [-0.15, -0.1) is 0 Å². The van der Waals surface area contributed by atoms with Crippen LogP contribution >= 0.6 is 0 Å². The van der Waals surface area contributed by atoms with Gasteiger partial charge in [-0.3, -0.25) is 10.1 Å². The minimum atomic E-state index is -0.342. The summed E-state index contributed by atoms with van der Waals surface area (Å²) in [5.74, 6) is 1.27. The molecule has 116 valence electrons. The van der Waals surface area contributed by atoms with Gasteiger partial charge >= 0.3 is 0 Å². The number of rotatable bonds is 6. The number of nitro benzene ring substituents is 1. The predicted molar refractivity (Wildman–Crippen MR) is 82.8 cm³/mol. The van der Waals surface area contributed by atoms with Gasteiger partial charge in [0, 0.05) is 23.7 Å². The van der Waals surface area contributed by atoms with Gasteiger partial charge in [0.2, 0.25) is 0 Å². The van der Waals surface area contributed by atoms with Gasteiger partial charge in [-0.05, 0) is 37.8 Å². The van der Waals surface area contributed by atoms with Gasteiger partial charge < -0.3 is 10.1 Å². The first-order valence-electron chi connectivity index (χ1n) is 7.70. The Morgan fingerprint density at radius 1 is 1.38 bits per heavy atom. The van der Waals surface area contributed by atoms with Crippen molar-refractivity contribution >= 4 is 5.69 Å². The third-order valence-electron chi connectivity index (χ3n) is 4.33. The van der Waals surface area contributed by atoms with Crippen molar-refractivity contribution in [2.24, 2.45) is 5.92 Å². The maximum absolute atomic E-state index is 11.0. The van der Waals surface area contributed by atoms with Gasteiger partial charge in [-0.25, -0.2) is 0 Å². The zero-order valence-electron chi connectivity index (χ0n) is 12.8. The van der Waals surface area contributed by atoms with Crippen molar-refractivity contribution in [3.8, 4) is 5.75 Å². The quantitative estimate of drug-likeness (QED) is 0.645. The van der Waals surface area contributed by atoms with Crippen LogP contribution in [0.2, 0.25) is 0 Å². The second-order valence-electron chi connectivity index (χ2n) is 5.67. The molecule has 0 bridgehead atoms. The second kappa shape index (κ2) is 7.41. The Hall–Kier alpha value is -1.62. The van der Waals surface area contributed by atoms with Crippen LogP contribution in [0.3, 0.4) is 0 Å². The number of non-ortho nitro benzene ring substituents is 1. The summed E-state index contributed by atoms with van der Waals surface area (Å²) in [7, 11) is 1.62. The summed E-state index contributed by atoms with van der Waals surface area (Å²) >= 11 is 0. The molecule has 5 heteroatoms. The molecule has 2 atom stereocenters. The molecule has 0 spiro atoms. The van der Waals surface area contributed by atoms with Crippen molar-refractivity contribution in [1.29, 1.82) is 0 Å². The molecule has 5 nitrogen and oxygen atoms in total. The highest BCUT2D eigenvalue weighted by Crippen LogP contribution is 2.32. The van der Waals surface area contributed by atoms with Crippen LogP contribution in [0.4, 0.5) is 5.69 Å². The normalized spacial score (nSPS) is 22.0. The topological polar surface area (TPSA) is 64.4 Å².